The van der Waals surface area contributed by atoms with Gasteiger partial charge in [-0.05, 0) is 62.1 Å². The minimum atomic E-state index is 0.232. The summed E-state index contributed by atoms with van der Waals surface area (Å²) in [5.41, 5.74) is 2.49. The number of hydrogen-bond acceptors (Lipinski definition) is 4. The number of aromatic nitrogens is 1. The average Bonchev–Trinajstić information content (AvgIpc) is 2.68. The molecule has 1 aliphatic heterocycles. The largest absolute Gasteiger partial charge is 0.492 e. The monoisotopic (exact) mass is 352 g/mol. The Kier molecular flexibility index (Phi) is 6.78. The van der Waals surface area contributed by atoms with Crippen molar-refractivity contribution in [1.82, 2.24) is 9.88 Å². The van der Waals surface area contributed by atoms with E-state index in [0.29, 0.717) is 19.1 Å². The standard InChI is InChI=1S/C22H28N2O2/c1-18(25)7-8-19-9-11-21(12-10-19)26-16-15-24-14-3-2-6-22(24)20-5-4-13-23-17-20/h4-5,9-13,17,22H,2-3,6-8,14-16H2,1H3/t22-/m0/s1. The van der Waals surface area contributed by atoms with Crippen LogP contribution in [0.5, 0.6) is 5.75 Å². The van der Waals surface area contributed by atoms with E-state index in [2.05, 4.69) is 28.1 Å². The van der Waals surface area contributed by atoms with E-state index in [1.54, 1.807) is 6.92 Å². The third-order valence-electron chi connectivity index (χ3n) is 5.02. The van der Waals surface area contributed by atoms with Crippen LogP contribution in [0.25, 0.3) is 0 Å². The minimum Gasteiger partial charge on any atom is -0.492 e. The molecule has 0 bridgehead atoms. The second-order valence-electron chi connectivity index (χ2n) is 7.03. The van der Waals surface area contributed by atoms with Crippen molar-refractivity contribution >= 4 is 5.78 Å². The maximum atomic E-state index is 11.1. The summed E-state index contributed by atoms with van der Waals surface area (Å²) in [5.74, 6) is 1.13. The number of carbonyl (C=O) groups excluding carboxylic acids is 1. The van der Waals surface area contributed by atoms with E-state index in [1.807, 2.05) is 30.6 Å². The van der Waals surface area contributed by atoms with Gasteiger partial charge in [0.1, 0.15) is 18.1 Å². The average molecular weight is 352 g/mol. The second-order valence-corrected chi connectivity index (χ2v) is 7.03. The number of carbonyl (C=O) groups is 1. The van der Waals surface area contributed by atoms with Crippen molar-refractivity contribution in [3.8, 4) is 5.75 Å². The molecule has 0 saturated carbocycles. The quantitative estimate of drug-likeness (QED) is 0.714. The van der Waals surface area contributed by atoms with Crippen molar-refractivity contribution in [1.29, 1.82) is 0 Å². The number of ketones is 1. The predicted molar refractivity (Wildman–Crippen MR) is 103 cm³/mol. The third-order valence-corrected chi connectivity index (χ3v) is 5.02. The molecular weight excluding hydrogens is 324 g/mol. The van der Waals surface area contributed by atoms with Gasteiger partial charge in [-0.25, -0.2) is 0 Å². The summed E-state index contributed by atoms with van der Waals surface area (Å²) in [4.78, 5) is 17.9. The first-order valence-corrected chi connectivity index (χ1v) is 9.57. The molecule has 1 aromatic heterocycles. The van der Waals surface area contributed by atoms with Crippen LogP contribution in [-0.4, -0.2) is 35.4 Å². The Morgan fingerprint density at radius 2 is 2.08 bits per heavy atom. The molecule has 2 aromatic rings. The lowest BCUT2D eigenvalue weighted by atomic mass is 9.96. The molecule has 0 aliphatic carbocycles. The summed E-state index contributed by atoms with van der Waals surface area (Å²) in [7, 11) is 0. The van der Waals surface area contributed by atoms with Gasteiger partial charge < -0.3 is 9.53 Å². The van der Waals surface area contributed by atoms with Gasteiger partial charge in [-0.3, -0.25) is 9.88 Å². The lowest BCUT2D eigenvalue weighted by Crippen LogP contribution is -2.36. The van der Waals surface area contributed by atoms with Gasteiger partial charge in [-0.15, -0.1) is 0 Å². The van der Waals surface area contributed by atoms with Crippen LogP contribution in [0.1, 0.15) is 49.8 Å². The molecule has 0 N–H and O–H groups in total. The number of likely N-dealkylation sites (tertiary alicyclic amines) is 1. The molecule has 1 saturated heterocycles. The molecule has 26 heavy (non-hydrogen) atoms. The Morgan fingerprint density at radius 1 is 1.23 bits per heavy atom. The van der Waals surface area contributed by atoms with Crippen molar-refractivity contribution in [2.24, 2.45) is 0 Å². The Hall–Kier alpha value is -2.20. The van der Waals surface area contributed by atoms with Crippen molar-refractivity contribution in [3.63, 3.8) is 0 Å². The van der Waals surface area contributed by atoms with E-state index < -0.39 is 0 Å². The summed E-state index contributed by atoms with van der Waals surface area (Å²) in [6, 6.07) is 12.8. The van der Waals surface area contributed by atoms with E-state index in [1.165, 1.54) is 30.4 Å². The highest BCUT2D eigenvalue weighted by Crippen LogP contribution is 2.30. The molecule has 4 heteroatoms. The molecule has 0 amide bonds. The Bertz CT molecular complexity index is 685. The number of piperidine rings is 1. The summed E-state index contributed by atoms with van der Waals surface area (Å²) in [6.45, 7) is 4.36. The van der Waals surface area contributed by atoms with Gasteiger partial charge in [0.2, 0.25) is 0 Å². The maximum Gasteiger partial charge on any atom is 0.130 e. The highest BCUT2D eigenvalue weighted by Gasteiger charge is 2.23. The zero-order chi connectivity index (χ0) is 18.2. The first-order valence-electron chi connectivity index (χ1n) is 9.57. The van der Waals surface area contributed by atoms with Gasteiger partial charge in [0, 0.05) is 31.4 Å². The van der Waals surface area contributed by atoms with Crippen molar-refractivity contribution in [2.45, 2.75) is 45.1 Å². The summed E-state index contributed by atoms with van der Waals surface area (Å²) in [5, 5.41) is 0. The summed E-state index contributed by atoms with van der Waals surface area (Å²) < 4.78 is 5.95. The zero-order valence-corrected chi connectivity index (χ0v) is 15.6. The van der Waals surface area contributed by atoms with Crippen LogP contribution in [0.2, 0.25) is 0 Å². The number of ether oxygens (including phenoxy) is 1. The SMILES string of the molecule is CC(=O)CCc1ccc(OCCN2CCCC[C@H]2c2cccnc2)cc1. The number of hydrogen-bond donors (Lipinski definition) is 0. The number of pyridine rings is 1. The third kappa shape index (κ3) is 5.40. The summed E-state index contributed by atoms with van der Waals surface area (Å²) in [6.07, 6.45) is 8.95. The molecule has 2 heterocycles. The van der Waals surface area contributed by atoms with Crippen molar-refractivity contribution in [3.05, 3.63) is 59.9 Å². The van der Waals surface area contributed by atoms with Crippen LogP contribution in [0, 0.1) is 0 Å². The molecule has 1 aromatic carbocycles. The van der Waals surface area contributed by atoms with Crippen LogP contribution in [0.4, 0.5) is 0 Å². The molecule has 1 aliphatic rings. The Morgan fingerprint density at radius 3 is 2.81 bits per heavy atom. The molecule has 1 fully saturated rings. The first-order chi connectivity index (χ1) is 12.7. The van der Waals surface area contributed by atoms with Crippen LogP contribution >= 0.6 is 0 Å². The molecule has 3 rings (SSSR count). The van der Waals surface area contributed by atoms with Gasteiger partial charge in [0.15, 0.2) is 0 Å². The van der Waals surface area contributed by atoms with Gasteiger partial charge in [-0.2, -0.15) is 0 Å². The zero-order valence-electron chi connectivity index (χ0n) is 15.6. The van der Waals surface area contributed by atoms with E-state index >= 15 is 0 Å². The van der Waals surface area contributed by atoms with Crippen LogP contribution in [-0.2, 0) is 11.2 Å². The van der Waals surface area contributed by atoms with Gasteiger partial charge >= 0.3 is 0 Å². The number of nitrogens with zero attached hydrogens (tertiary/aromatic N) is 2. The van der Waals surface area contributed by atoms with Gasteiger partial charge in [-0.1, -0.05) is 24.6 Å². The lowest BCUT2D eigenvalue weighted by Gasteiger charge is -2.35. The Balaban J connectivity index is 1.49. The molecule has 138 valence electrons. The number of aryl methyl sites for hydroxylation is 1. The van der Waals surface area contributed by atoms with Gasteiger partial charge in [0.25, 0.3) is 0 Å². The van der Waals surface area contributed by atoms with E-state index in [0.717, 1.165) is 25.3 Å². The fourth-order valence-electron chi connectivity index (χ4n) is 3.56. The smallest absolute Gasteiger partial charge is 0.130 e. The van der Waals surface area contributed by atoms with E-state index in [-0.39, 0.29) is 5.78 Å². The van der Waals surface area contributed by atoms with Crippen LogP contribution in [0.3, 0.4) is 0 Å². The lowest BCUT2D eigenvalue weighted by molar-refractivity contribution is -0.116. The predicted octanol–water partition coefficient (Wildman–Crippen LogP) is 4.21. The summed E-state index contributed by atoms with van der Waals surface area (Å²) >= 11 is 0. The number of rotatable bonds is 8. The second kappa shape index (κ2) is 9.48. The molecule has 0 radical (unpaired) electrons. The fraction of sp³-hybridized carbons (Fsp3) is 0.455. The van der Waals surface area contributed by atoms with E-state index in [4.69, 9.17) is 4.74 Å². The highest BCUT2D eigenvalue weighted by molar-refractivity contribution is 5.75. The van der Waals surface area contributed by atoms with Crippen molar-refractivity contribution in [2.75, 3.05) is 19.7 Å². The molecular formula is C22H28N2O2. The minimum absolute atomic E-state index is 0.232. The van der Waals surface area contributed by atoms with Crippen LogP contribution in [0.15, 0.2) is 48.8 Å². The molecule has 1 atom stereocenters. The van der Waals surface area contributed by atoms with E-state index in [9.17, 15) is 4.79 Å². The van der Waals surface area contributed by atoms with Crippen LogP contribution < -0.4 is 4.74 Å². The van der Waals surface area contributed by atoms with Crippen molar-refractivity contribution < 1.29 is 9.53 Å². The Labute approximate surface area is 156 Å². The van der Waals surface area contributed by atoms with Gasteiger partial charge in [0.05, 0.1) is 0 Å². The highest BCUT2D eigenvalue weighted by atomic mass is 16.5. The molecule has 4 nitrogen and oxygen atoms in total. The normalized spacial score (nSPS) is 17.8. The maximum absolute atomic E-state index is 11.1. The number of benzene rings is 1. The first kappa shape index (κ1) is 18.6. The number of Topliss-reactive ketones (excluding diaryl/α,β-unsaturated/α-hetero) is 1. The molecule has 0 spiro atoms. The fourth-order valence-corrected chi connectivity index (χ4v) is 3.56. The molecule has 0 unspecified atom stereocenters. The topological polar surface area (TPSA) is 42.4 Å².